The molecule has 1 fully saturated rings. The van der Waals surface area contributed by atoms with E-state index in [1.54, 1.807) is 0 Å². The molecule has 0 aromatic rings. The minimum Gasteiger partial charge on any atom is -0.285 e. The van der Waals surface area contributed by atoms with Crippen molar-refractivity contribution in [2.45, 2.75) is 59.5 Å². The standard InChI is InChI=1S/C10H11F9O5S2/c11-7(12,9(15,16)17)8(13,14)10(18,19)25(20,21)5-1-3-6(4-2-5)26(22,23)24/h5-6H,1-4H2,(H,22,23,24). The summed E-state index contributed by atoms with van der Waals surface area (Å²) in [6, 6.07) is 0. The SMILES string of the molecule is O=S(=O)(O)C1CCC(S(=O)(=O)C(F)(F)C(F)(F)C(F)(F)C(F)(F)F)CC1. The Bertz CT molecular complexity index is 733. The first-order valence-corrected chi connectivity index (χ1v) is 9.66. The first-order chi connectivity index (χ1) is 11.2. The van der Waals surface area contributed by atoms with Crippen molar-refractivity contribution < 1.29 is 60.9 Å². The predicted octanol–water partition coefficient (Wildman–Crippen LogP) is 3.03. The predicted molar refractivity (Wildman–Crippen MR) is 67.4 cm³/mol. The molecule has 0 spiro atoms. The smallest absolute Gasteiger partial charge is 0.285 e. The Labute approximate surface area is 141 Å². The number of hydrogen-bond donors (Lipinski definition) is 1. The van der Waals surface area contributed by atoms with Crippen LogP contribution in [0.2, 0.25) is 0 Å². The fourth-order valence-electron chi connectivity index (χ4n) is 2.39. The minimum absolute atomic E-state index is 0.792. The highest BCUT2D eigenvalue weighted by molar-refractivity contribution is 7.93. The Balaban J connectivity index is 3.23. The van der Waals surface area contributed by atoms with E-state index in [1.807, 2.05) is 0 Å². The molecule has 156 valence electrons. The van der Waals surface area contributed by atoms with Crippen LogP contribution < -0.4 is 0 Å². The van der Waals surface area contributed by atoms with Crippen LogP contribution in [0, 0.1) is 0 Å². The summed E-state index contributed by atoms with van der Waals surface area (Å²) in [4.78, 5) is 0. The Morgan fingerprint density at radius 1 is 0.654 bits per heavy atom. The van der Waals surface area contributed by atoms with E-state index in [2.05, 4.69) is 0 Å². The van der Waals surface area contributed by atoms with E-state index >= 15 is 0 Å². The summed E-state index contributed by atoms with van der Waals surface area (Å²) in [6.07, 6.45) is -10.9. The molecule has 0 bridgehead atoms. The maximum Gasteiger partial charge on any atom is 0.460 e. The van der Waals surface area contributed by atoms with Gasteiger partial charge in [-0.1, -0.05) is 0 Å². The summed E-state index contributed by atoms with van der Waals surface area (Å²) >= 11 is 0. The molecule has 1 saturated carbocycles. The minimum atomic E-state index is -7.35. The molecule has 1 aliphatic carbocycles. The Morgan fingerprint density at radius 3 is 1.31 bits per heavy atom. The highest BCUT2D eigenvalue weighted by Crippen LogP contribution is 2.56. The fraction of sp³-hybridized carbons (Fsp3) is 1.00. The van der Waals surface area contributed by atoms with Crippen LogP contribution in [0.5, 0.6) is 0 Å². The summed E-state index contributed by atoms with van der Waals surface area (Å²) < 4.78 is 169. The molecule has 0 amide bonds. The molecule has 1 N–H and O–H groups in total. The molecule has 26 heavy (non-hydrogen) atoms. The highest BCUT2D eigenvalue weighted by atomic mass is 32.2. The van der Waals surface area contributed by atoms with Crippen molar-refractivity contribution in [2.24, 2.45) is 0 Å². The summed E-state index contributed by atoms with van der Waals surface area (Å²) in [7, 11) is -11.3. The van der Waals surface area contributed by atoms with Gasteiger partial charge in [0, 0.05) is 0 Å². The molecular formula is C10H11F9O5S2. The maximum atomic E-state index is 13.6. The Kier molecular flexibility index (Phi) is 5.72. The normalized spacial score (nSPS) is 24.5. The first-order valence-electron chi connectivity index (χ1n) is 6.61. The summed E-state index contributed by atoms with van der Waals surface area (Å²) in [5.41, 5.74) is 0. The molecule has 0 aromatic heterocycles. The van der Waals surface area contributed by atoms with Crippen molar-refractivity contribution in [1.29, 1.82) is 0 Å². The van der Waals surface area contributed by atoms with Gasteiger partial charge in [0.05, 0.1) is 10.5 Å². The average molecular weight is 446 g/mol. The van der Waals surface area contributed by atoms with E-state index < -0.39 is 79.4 Å². The molecular weight excluding hydrogens is 435 g/mol. The van der Waals surface area contributed by atoms with Crippen LogP contribution in [-0.2, 0) is 20.0 Å². The summed E-state index contributed by atoms with van der Waals surface area (Å²) in [6.45, 7) is 0. The molecule has 0 radical (unpaired) electrons. The van der Waals surface area contributed by atoms with E-state index in [0.717, 1.165) is 0 Å². The first kappa shape index (κ1) is 23.3. The van der Waals surface area contributed by atoms with Crippen LogP contribution >= 0.6 is 0 Å². The van der Waals surface area contributed by atoms with Gasteiger partial charge in [0.25, 0.3) is 10.1 Å². The van der Waals surface area contributed by atoms with Gasteiger partial charge < -0.3 is 0 Å². The van der Waals surface area contributed by atoms with Gasteiger partial charge in [0.15, 0.2) is 0 Å². The molecule has 0 heterocycles. The second-order valence-corrected chi connectivity index (χ2v) is 9.59. The second-order valence-electron chi connectivity index (χ2n) is 5.62. The molecule has 1 aliphatic rings. The second kappa shape index (κ2) is 6.39. The van der Waals surface area contributed by atoms with Crippen LogP contribution in [0.4, 0.5) is 39.5 Å². The lowest BCUT2D eigenvalue weighted by Crippen LogP contribution is -2.64. The average Bonchev–Trinajstić information content (AvgIpc) is 2.44. The van der Waals surface area contributed by atoms with Crippen LogP contribution in [-0.4, -0.2) is 55.2 Å². The number of rotatable bonds is 5. The van der Waals surface area contributed by atoms with Gasteiger partial charge in [-0.2, -0.15) is 47.9 Å². The third-order valence-electron chi connectivity index (χ3n) is 3.95. The van der Waals surface area contributed by atoms with Crippen molar-refractivity contribution in [2.75, 3.05) is 0 Å². The van der Waals surface area contributed by atoms with Gasteiger partial charge in [0.2, 0.25) is 9.84 Å². The number of alkyl halides is 9. The van der Waals surface area contributed by atoms with E-state index in [-0.39, 0.29) is 0 Å². The molecule has 1 rings (SSSR count). The number of halogens is 9. The van der Waals surface area contributed by atoms with E-state index in [0.29, 0.717) is 0 Å². The van der Waals surface area contributed by atoms with Crippen molar-refractivity contribution in [3.8, 4) is 0 Å². The zero-order valence-corrected chi connectivity index (χ0v) is 13.9. The van der Waals surface area contributed by atoms with E-state index in [4.69, 9.17) is 4.55 Å². The van der Waals surface area contributed by atoms with Crippen molar-refractivity contribution in [3.05, 3.63) is 0 Å². The zero-order valence-electron chi connectivity index (χ0n) is 12.3. The summed E-state index contributed by atoms with van der Waals surface area (Å²) in [5.74, 6) is -14.7. The van der Waals surface area contributed by atoms with Crippen molar-refractivity contribution in [1.82, 2.24) is 0 Å². The van der Waals surface area contributed by atoms with Crippen molar-refractivity contribution >= 4 is 20.0 Å². The van der Waals surface area contributed by atoms with Crippen molar-refractivity contribution in [3.63, 3.8) is 0 Å². The Morgan fingerprint density at radius 2 is 1.00 bits per heavy atom. The van der Waals surface area contributed by atoms with E-state index in [1.165, 1.54) is 0 Å². The highest BCUT2D eigenvalue weighted by Gasteiger charge is 2.85. The molecule has 0 aromatic carbocycles. The van der Waals surface area contributed by atoms with Gasteiger partial charge >= 0.3 is 23.3 Å². The lowest BCUT2D eigenvalue weighted by molar-refractivity contribution is -0.382. The van der Waals surface area contributed by atoms with Gasteiger partial charge in [-0.25, -0.2) is 8.42 Å². The largest absolute Gasteiger partial charge is 0.460 e. The van der Waals surface area contributed by atoms with Gasteiger partial charge in [-0.3, -0.25) is 4.55 Å². The van der Waals surface area contributed by atoms with Crippen LogP contribution in [0.25, 0.3) is 0 Å². The lowest BCUT2D eigenvalue weighted by Gasteiger charge is -2.36. The molecule has 0 atom stereocenters. The van der Waals surface area contributed by atoms with Gasteiger partial charge in [0.1, 0.15) is 0 Å². The zero-order chi connectivity index (χ0) is 21.0. The molecule has 0 saturated heterocycles. The number of hydrogen-bond acceptors (Lipinski definition) is 4. The third-order valence-corrected chi connectivity index (χ3v) is 7.59. The molecule has 0 unspecified atom stereocenters. The van der Waals surface area contributed by atoms with Gasteiger partial charge in [-0.05, 0) is 25.7 Å². The number of sulfone groups is 1. The van der Waals surface area contributed by atoms with Crippen LogP contribution in [0.15, 0.2) is 0 Å². The molecule has 0 aliphatic heterocycles. The fourth-order valence-corrected chi connectivity index (χ4v) is 5.05. The monoisotopic (exact) mass is 446 g/mol. The third kappa shape index (κ3) is 3.50. The quantitative estimate of drug-likeness (QED) is 0.518. The molecule has 16 heteroatoms. The molecule has 5 nitrogen and oxygen atoms in total. The lowest BCUT2D eigenvalue weighted by atomic mass is 10.00. The van der Waals surface area contributed by atoms with Gasteiger partial charge in [-0.15, -0.1) is 0 Å². The topological polar surface area (TPSA) is 88.5 Å². The van der Waals surface area contributed by atoms with Crippen LogP contribution in [0.3, 0.4) is 0 Å². The Hall–Kier alpha value is -0.770. The summed E-state index contributed by atoms with van der Waals surface area (Å²) in [5, 5.41) is -10.9. The maximum absolute atomic E-state index is 13.6. The van der Waals surface area contributed by atoms with E-state index in [9.17, 15) is 56.3 Å². The van der Waals surface area contributed by atoms with Crippen LogP contribution in [0.1, 0.15) is 25.7 Å².